The summed E-state index contributed by atoms with van der Waals surface area (Å²) in [5.74, 6) is -1.08. The number of carbonyl (C=O) groups excluding carboxylic acids is 2. The molecule has 1 saturated heterocycles. The molecule has 0 aliphatic carbocycles. The Balaban J connectivity index is 2.06. The number of anilines is 2. The first-order chi connectivity index (χ1) is 13.4. The Bertz CT molecular complexity index is 776. The Hall–Kier alpha value is -2.93. The number of imide groups is 1. The van der Waals surface area contributed by atoms with E-state index in [1.165, 1.54) is 6.07 Å². The maximum Gasteiger partial charge on any atom is 0.249 e. The van der Waals surface area contributed by atoms with Crippen molar-refractivity contribution in [3.8, 4) is 0 Å². The Morgan fingerprint density at radius 1 is 1.43 bits per heavy atom. The van der Waals surface area contributed by atoms with Crippen LogP contribution in [0.2, 0.25) is 0 Å². The number of carbonyl (C=O) groups is 2. The number of amides is 2. The molecule has 1 unspecified atom stereocenters. The highest BCUT2D eigenvalue weighted by molar-refractivity contribution is 6.01. The van der Waals surface area contributed by atoms with Crippen LogP contribution < -0.4 is 21.1 Å². The molecule has 150 valence electrons. The number of piperidine rings is 1. The van der Waals surface area contributed by atoms with Crippen LogP contribution in [0.4, 0.5) is 15.8 Å². The van der Waals surface area contributed by atoms with Gasteiger partial charge in [-0.1, -0.05) is 38.3 Å². The lowest BCUT2D eigenvalue weighted by Crippen LogP contribution is -2.47. The van der Waals surface area contributed by atoms with Crippen LogP contribution in [0.25, 0.3) is 0 Å². The summed E-state index contributed by atoms with van der Waals surface area (Å²) in [6, 6.07) is 4.19. The van der Waals surface area contributed by atoms with Crippen LogP contribution in [0.15, 0.2) is 55.2 Å². The van der Waals surface area contributed by atoms with Crippen molar-refractivity contribution < 1.29 is 14.0 Å². The number of nitrogens with zero attached hydrogens (tertiary/aromatic N) is 1. The molecule has 7 heteroatoms. The maximum absolute atomic E-state index is 14.7. The van der Waals surface area contributed by atoms with Gasteiger partial charge in [-0.15, -0.1) is 0 Å². The van der Waals surface area contributed by atoms with Crippen molar-refractivity contribution in [2.45, 2.75) is 32.2 Å². The minimum Gasteiger partial charge on any atom is -0.374 e. The summed E-state index contributed by atoms with van der Waals surface area (Å²) >= 11 is 0. The number of benzene rings is 1. The fourth-order valence-electron chi connectivity index (χ4n) is 2.82. The lowest BCUT2D eigenvalue weighted by Gasteiger charge is -2.27. The molecule has 0 spiro atoms. The third-order valence-corrected chi connectivity index (χ3v) is 4.23. The molecular formula is C21H27FN4O2. The minimum absolute atomic E-state index is 0.266. The zero-order chi connectivity index (χ0) is 20.5. The number of hydrazine groups is 1. The molecule has 1 aromatic rings. The van der Waals surface area contributed by atoms with Crippen molar-refractivity contribution in [3.63, 3.8) is 0 Å². The molecule has 0 aromatic heterocycles. The number of rotatable bonds is 10. The molecule has 1 atom stereocenters. The van der Waals surface area contributed by atoms with Crippen LogP contribution in [0, 0.1) is 5.82 Å². The SMILES string of the molecule is C=C/C=C\C(=C)CNN(CCC)c1ccc(NC2CCC(=O)NC2=O)cc1F. The first kappa shape index (κ1) is 21.4. The molecule has 1 fully saturated rings. The van der Waals surface area contributed by atoms with E-state index in [9.17, 15) is 14.0 Å². The van der Waals surface area contributed by atoms with Crippen LogP contribution >= 0.6 is 0 Å². The molecule has 0 bridgehead atoms. The van der Waals surface area contributed by atoms with Crippen molar-refractivity contribution in [2.75, 3.05) is 23.4 Å². The monoisotopic (exact) mass is 386 g/mol. The summed E-state index contributed by atoms with van der Waals surface area (Å²) in [6.45, 7) is 10.7. The first-order valence-electron chi connectivity index (χ1n) is 9.32. The average Bonchev–Trinajstić information content (AvgIpc) is 2.66. The molecule has 2 amide bonds. The van der Waals surface area contributed by atoms with E-state index >= 15 is 0 Å². The molecule has 3 N–H and O–H groups in total. The highest BCUT2D eigenvalue weighted by Gasteiger charge is 2.26. The topological polar surface area (TPSA) is 73.5 Å². The fourth-order valence-corrected chi connectivity index (χ4v) is 2.82. The van der Waals surface area contributed by atoms with E-state index in [0.29, 0.717) is 30.9 Å². The van der Waals surface area contributed by atoms with Gasteiger partial charge in [-0.3, -0.25) is 14.9 Å². The van der Waals surface area contributed by atoms with Crippen LogP contribution in [-0.4, -0.2) is 30.9 Å². The summed E-state index contributed by atoms with van der Waals surface area (Å²) < 4.78 is 14.7. The molecule has 1 heterocycles. The Labute approximate surface area is 165 Å². The second-order valence-corrected chi connectivity index (χ2v) is 6.55. The molecule has 1 aliphatic heterocycles. The molecule has 0 saturated carbocycles. The minimum atomic E-state index is -0.548. The highest BCUT2D eigenvalue weighted by Crippen LogP contribution is 2.23. The van der Waals surface area contributed by atoms with E-state index in [2.05, 4.69) is 29.2 Å². The third-order valence-electron chi connectivity index (χ3n) is 4.23. The zero-order valence-corrected chi connectivity index (χ0v) is 16.1. The lowest BCUT2D eigenvalue weighted by atomic mass is 10.1. The van der Waals surface area contributed by atoms with Gasteiger partial charge in [0.1, 0.15) is 11.9 Å². The van der Waals surface area contributed by atoms with Gasteiger partial charge in [0, 0.05) is 25.2 Å². The molecule has 0 radical (unpaired) electrons. The number of allylic oxidation sites excluding steroid dienone is 2. The van der Waals surface area contributed by atoms with Gasteiger partial charge in [-0.25, -0.2) is 9.82 Å². The van der Waals surface area contributed by atoms with Crippen molar-refractivity contribution in [1.82, 2.24) is 10.7 Å². The van der Waals surface area contributed by atoms with E-state index in [1.54, 1.807) is 29.3 Å². The fraction of sp³-hybridized carbons (Fsp3) is 0.333. The average molecular weight is 386 g/mol. The third kappa shape index (κ3) is 6.06. The summed E-state index contributed by atoms with van der Waals surface area (Å²) in [5, 5.41) is 7.02. The van der Waals surface area contributed by atoms with Crippen molar-refractivity contribution in [3.05, 3.63) is 61.0 Å². The Kier molecular flexibility index (Phi) is 7.95. The Morgan fingerprint density at radius 3 is 2.86 bits per heavy atom. The lowest BCUT2D eigenvalue weighted by molar-refractivity contribution is -0.133. The smallest absolute Gasteiger partial charge is 0.249 e. The van der Waals surface area contributed by atoms with Gasteiger partial charge in [0.15, 0.2) is 0 Å². The van der Waals surface area contributed by atoms with Crippen molar-refractivity contribution in [1.29, 1.82) is 0 Å². The van der Waals surface area contributed by atoms with Crippen molar-refractivity contribution >= 4 is 23.2 Å². The number of halogens is 1. The van der Waals surface area contributed by atoms with Gasteiger partial charge in [0.25, 0.3) is 0 Å². The summed E-state index contributed by atoms with van der Waals surface area (Å²) in [5.41, 5.74) is 4.93. The second kappa shape index (κ2) is 10.4. The standard InChI is InChI=1S/C21H27FN4O2/c1-4-6-7-15(3)14-23-26(12-5-2)19-10-8-16(13-17(19)22)24-18-9-11-20(27)25-21(18)28/h4,6-8,10,13,18,23-24H,1,3,5,9,11-12,14H2,2H3,(H,25,27,28)/b7-6-. The van der Waals surface area contributed by atoms with E-state index < -0.39 is 11.9 Å². The van der Waals surface area contributed by atoms with E-state index in [1.807, 2.05) is 13.0 Å². The molecule has 1 aromatic carbocycles. The maximum atomic E-state index is 14.7. The second-order valence-electron chi connectivity index (χ2n) is 6.55. The zero-order valence-electron chi connectivity index (χ0n) is 16.1. The van der Waals surface area contributed by atoms with E-state index in [-0.39, 0.29) is 18.2 Å². The Morgan fingerprint density at radius 2 is 2.21 bits per heavy atom. The predicted molar refractivity (Wildman–Crippen MR) is 110 cm³/mol. The van der Waals surface area contributed by atoms with Crippen LogP contribution in [0.5, 0.6) is 0 Å². The largest absolute Gasteiger partial charge is 0.374 e. The summed E-state index contributed by atoms with van der Waals surface area (Å²) in [6.07, 6.45) is 6.79. The van der Waals surface area contributed by atoms with E-state index in [0.717, 1.165) is 12.0 Å². The van der Waals surface area contributed by atoms with Gasteiger partial charge < -0.3 is 10.3 Å². The molecule has 28 heavy (non-hydrogen) atoms. The van der Waals surface area contributed by atoms with Gasteiger partial charge in [-0.05, 0) is 36.6 Å². The summed E-state index contributed by atoms with van der Waals surface area (Å²) in [7, 11) is 0. The molecule has 6 nitrogen and oxygen atoms in total. The molecule has 1 aliphatic rings. The predicted octanol–water partition coefficient (Wildman–Crippen LogP) is 3.06. The van der Waals surface area contributed by atoms with Gasteiger partial charge in [0.2, 0.25) is 11.8 Å². The molecule has 2 rings (SSSR count). The van der Waals surface area contributed by atoms with Gasteiger partial charge >= 0.3 is 0 Å². The number of nitrogens with one attached hydrogen (secondary N) is 3. The molecular weight excluding hydrogens is 359 g/mol. The van der Waals surface area contributed by atoms with E-state index in [4.69, 9.17) is 0 Å². The van der Waals surface area contributed by atoms with Crippen molar-refractivity contribution in [2.24, 2.45) is 0 Å². The number of hydrogen-bond donors (Lipinski definition) is 3. The normalized spacial score (nSPS) is 16.7. The summed E-state index contributed by atoms with van der Waals surface area (Å²) in [4.78, 5) is 23.1. The van der Waals surface area contributed by atoms with Gasteiger partial charge in [0.05, 0.1) is 5.69 Å². The van der Waals surface area contributed by atoms with Crippen LogP contribution in [0.3, 0.4) is 0 Å². The van der Waals surface area contributed by atoms with Crippen LogP contribution in [-0.2, 0) is 9.59 Å². The van der Waals surface area contributed by atoms with Crippen LogP contribution in [0.1, 0.15) is 26.2 Å². The quantitative estimate of drug-likeness (QED) is 0.327. The number of hydrogen-bond acceptors (Lipinski definition) is 5. The van der Waals surface area contributed by atoms with Gasteiger partial charge in [-0.2, -0.15) is 0 Å². The first-order valence-corrected chi connectivity index (χ1v) is 9.32. The highest BCUT2D eigenvalue weighted by atomic mass is 19.1.